The number of amides is 2. The first kappa shape index (κ1) is 8.55. The van der Waals surface area contributed by atoms with Gasteiger partial charge in [0.15, 0.2) is 0 Å². The van der Waals surface area contributed by atoms with Crippen LogP contribution in [0.1, 0.15) is 12.8 Å². The Balaban J connectivity index is 2.14. The molecule has 2 atom stereocenters. The summed E-state index contributed by atoms with van der Waals surface area (Å²) in [5.74, 6) is 0. The number of carbonyl (C=O) groups is 1. The van der Waals surface area contributed by atoms with E-state index in [4.69, 9.17) is 5.73 Å². The summed E-state index contributed by atoms with van der Waals surface area (Å²) in [6, 6.07) is 0.503. The molecule has 0 spiro atoms. The molecule has 2 rings (SSSR count). The van der Waals surface area contributed by atoms with Gasteiger partial charge in [-0.2, -0.15) is 0 Å². The van der Waals surface area contributed by atoms with Crippen LogP contribution in [0.2, 0.25) is 0 Å². The van der Waals surface area contributed by atoms with E-state index in [2.05, 4.69) is 26.0 Å². The highest BCUT2D eigenvalue weighted by atomic mass is 127. The number of nitrogens with zero attached hydrogens (tertiary/aromatic N) is 2. The van der Waals surface area contributed by atoms with Crippen molar-refractivity contribution in [3.63, 3.8) is 0 Å². The molecule has 68 valence electrons. The van der Waals surface area contributed by atoms with E-state index in [1.807, 2.05) is 4.90 Å². The van der Waals surface area contributed by atoms with Crippen molar-refractivity contribution in [1.82, 2.24) is 8.01 Å². The lowest BCUT2D eigenvalue weighted by atomic mass is 10.2. The normalized spacial score (nSPS) is 35.6. The van der Waals surface area contributed by atoms with Crippen molar-refractivity contribution in [2.24, 2.45) is 5.73 Å². The molecule has 2 heterocycles. The zero-order chi connectivity index (χ0) is 8.72. The van der Waals surface area contributed by atoms with E-state index in [9.17, 15) is 4.79 Å². The van der Waals surface area contributed by atoms with Crippen LogP contribution in [0.15, 0.2) is 0 Å². The molecule has 0 aromatic heterocycles. The van der Waals surface area contributed by atoms with E-state index >= 15 is 0 Å². The maximum atomic E-state index is 11.0. The Morgan fingerprint density at radius 1 is 1.33 bits per heavy atom. The topological polar surface area (TPSA) is 49.6 Å². The van der Waals surface area contributed by atoms with E-state index in [0.29, 0.717) is 12.1 Å². The van der Waals surface area contributed by atoms with Gasteiger partial charge in [-0.15, -0.1) is 0 Å². The van der Waals surface area contributed by atoms with Gasteiger partial charge in [0.1, 0.15) is 0 Å². The first-order chi connectivity index (χ1) is 5.68. The fraction of sp³-hybridized carbons (Fsp3) is 0.857. The summed E-state index contributed by atoms with van der Waals surface area (Å²) in [5, 5.41) is 0. The van der Waals surface area contributed by atoms with Crippen LogP contribution in [-0.4, -0.2) is 39.2 Å². The molecule has 0 aliphatic carbocycles. The fourth-order valence-corrected chi connectivity index (χ4v) is 3.12. The second kappa shape index (κ2) is 3.02. The lowest BCUT2D eigenvalue weighted by molar-refractivity contribution is 0.143. The number of halogens is 1. The largest absolute Gasteiger partial charge is 0.351 e. The summed E-state index contributed by atoms with van der Waals surface area (Å²) in [7, 11) is 0. The van der Waals surface area contributed by atoms with Crippen molar-refractivity contribution in [2.45, 2.75) is 24.9 Å². The number of urea groups is 1. The number of primary amides is 1. The molecule has 2 aliphatic rings. The first-order valence-electron chi connectivity index (χ1n) is 4.17. The zero-order valence-electron chi connectivity index (χ0n) is 6.74. The van der Waals surface area contributed by atoms with Crippen LogP contribution in [0.25, 0.3) is 0 Å². The van der Waals surface area contributed by atoms with Crippen LogP contribution >= 0.6 is 22.9 Å². The van der Waals surface area contributed by atoms with Crippen LogP contribution in [0.5, 0.6) is 0 Å². The Morgan fingerprint density at radius 3 is 2.25 bits per heavy atom. The molecule has 2 amide bonds. The van der Waals surface area contributed by atoms with Gasteiger partial charge >= 0.3 is 6.03 Å². The fourth-order valence-electron chi connectivity index (χ4n) is 2.21. The molecule has 2 saturated heterocycles. The number of hydrogen-bond acceptors (Lipinski definition) is 2. The molecular formula is C7H12IN3O. The van der Waals surface area contributed by atoms with E-state index in [-0.39, 0.29) is 6.03 Å². The molecule has 2 fully saturated rings. The molecule has 2 bridgehead atoms. The third kappa shape index (κ3) is 1.28. The zero-order valence-corrected chi connectivity index (χ0v) is 8.90. The molecule has 2 aliphatic heterocycles. The Hall–Kier alpha value is -0.0400. The van der Waals surface area contributed by atoms with Gasteiger partial charge in [-0.1, -0.05) is 0 Å². The standard InChI is InChI=1S/C7H12IN3O/c8-10-3-5-1-2-6(4-10)11(5)7(9)12/h5-6H,1-4H2,(H2,9,12). The van der Waals surface area contributed by atoms with Crippen LogP contribution < -0.4 is 5.73 Å². The van der Waals surface area contributed by atoms with E-state index in [1.165, 1.54) is 0 Å². The number of carbonyl (C=O) groups excluding carboxylic acids is 1. The van der Waals surface area contributed by atoms with Crippen LogP contribution in [0.3, 0.4) is 0 Å². The average molecular weight is 281 g/mol. The van der Waals surface area contributed by atoms with Crippen molar-refractivity contribution in [1.29, 1.82) is 0 Å². The van der Waals surface area contributed by atoms with Gasteiger partial charge in [-0.3, -0.25) is 0 Å². The van der Waals surface area contributed by atoms with Crippen LogP contribution in [0.4, 0.5) is 4.79 Å². The second-order valence-corrected chi connectivity index (χ2v) is 4.82. The summed E-state index contributed by atoms with van der Waals surface area (Å²) in [6.45, 7) is 1.94. The van der Waals surface area contributed by atoms with Crippen molar-refractivity contribution < 1.29 is 4.79 Å². The van der Waals surface area contributed by atoms with Gasteiger partial charge in [0, 0.05) is 48.0 Å². The molecule has 0 saturated carbocycles. The van der Waals surface area contributed by atoms with Crippen molar-refractivity contribution in [3.05, 3.63) is 0 Å². The number of fused-ring (bicyclic) bond motifs is 2. The third-order valence-corrected chi connectivity index (χ3v) is 3.48. The van der Waals surface area contributed by atoms with Crippen LogP contribution in [-0.2, 0) is 0 Å². The molecule has 2 N–H and O–H groups in total. The van der Waals surface area contributed by atoms with Gasteiger partial charge in [0.2, 0.25) is 0 Å². The number of hydrogen-bond donors (Lipinski definition) is 1. The Labute approximate surface area is 85.6 Å². The highest BCUT2D eigenvalue weighted by Gasteiger charge is 2.41. The summed E-state index contributed by atoms with van der Waals surface area (Å²) in [6.07, 6.45) is 2.24. The molecule has 2 unspecified atom stereocenters. The highest BCUT2D eigenvalue weighted by Crippen LogP contribution is 2.30. The van der Waals surface area contributed by atoms with Gasteiger partial charge in [0.05, 0.1) is 0 Å². The minimum atomic E-state index is -0.244. The van der Waals surface area contributed by atoms with Crippen molar-refractivity contribution in [3.8, 4) is 0 Å². The monoisotopic (exact) mass is 281 g/mol. The maximum absolute atomic E-state index is 11.0. The average Bonchev–Trinajstić information content (AvgIpc) is 2.24. The van der Waals surface area contributed by atoms with E-state index in [1.54, 1.807) is 0 Å². The summed E-state index contributed by atoms with van der Waals surface area (Å²) < 4.78 is 2.25. The van der Waals surface area contributed by atoms with Crippen molar-refractivity contribution >= 4 is 28.9 Å². The van der Waals surface area contributed by atoms with Crippen LogP contribution in [0, 0.1) is 0 Å². The molecule has 0 aromatic carbocycles. The quantitative estimate of drug-likeness (QED) is 0.521. The third-order valence-electron chi connectivity index (χ3n) is 2.69. The predicted octanol–water partition coefficient (Wildman–Crippen LogP) is 0.564. The first-order valence-corrected chi connectivity index (χ1v) is 5.13. The SMILES string of the molecule is NC(=O)N1C2CCC1CN(I)C2. The number of piperazine rings is 1. The lowest BCUT2D eigenvalue weighted by Crippen LogP contribution is -2.54. The Kier molecular flexibility index (Phi) is 2.16. The minimum Gasteiger partial charge on any atom is -0.351 e. The molecule has 5 heteroatoms. The number of rotatable bonds is 0. The van der Waals surface area contributed by atoms with E-state index < -0.39 is 0 Å². The molecule has 0 radical (unpaired) electrons. The number of nitrogens with two attached hydrogens (primary N) is 1. The molecular weight excluding hydrogens is 269 g/mol. The highest BCUT2D eigenvalue weighted by molar-refractivity contribution is 14.1. The summed E-state index contributed by atoms with van der Waals surface area (Å²) in [4.78, 5) is 12.9. The van der Waals surface area contributed by atoms with Gasteiger partial charge < -0.3 is 10.6 Å². The minimum absolute atomic E-state index is 0.244. The molecule has 4 nitrogen and oxygen atoms in total. The lowest BCUT2D eigenvalue weighted by Gasteiger charge is -2.37. The Bertz CT molecular complexity index is 197. The maximum Gasteiger partial charge on any atom is 0.315 e. The van der Waals surface area contributed by atoms with Crippen molar-refractivity contribution in [2.75, 3.05) is 13.1 Å². The second-order valence-electron chi connectivity index (χ2n) is 3.46. The molecule has 0 aromatic rings. The summed E-state index contributed by atoms with van der Waals surface area (Å²) >= 11 is 2.32. The summed E-state index contributed by atoms with van der Waals surface area (Å²) in [5.41, 5.74) is 5.30. The predicted molar refractivity (Wildman–Crippen MR) is 53.8 cm³/mol. The smallest absolute Gasteiger partial charge is 0.315 e. The van der Waals surface area contributed by atoms with Gasteiger partial charge in [-0.25, -0.2) is 7.91 Å². The molecule has 12 heavy (non-hydrogen) atoms. The van der Waals surface area contributed by atoms with E-state index in [0.717, 1.165) is 25.9 Å². The Morgan fingerprint density at radius 2 is 1.83 bits per heavy atom. The van der Waals surface area contributed by atoms with Gasteiger partial charge in [0.25, 0.3) is 0 Å². The van der Waals surface area contributed by atoms with Gasteiger partial charge in [-0.05, 0) is 12.8 Å².